The number of benzene rings is 2. The molecule has 3 saturated carbocycles. The molecular weight excluding hydrogens is 1000 g/mol. The van der Waals surface area contributed by atoms with Crippen LogP contribution in [0.2, 0.25) is 0 Å². The van der Waals surface area contributed by atoms with E-state index in [0.717, 1.165) is 156 Å². The molecule has 17 nitrogen and oxygen atoms in total. The van der Waals surface area contributed by atoms with Gasteiger partial charge in [-0.25, -0.2) is 9.48 Å². The Morgan fingerprint density at radius 2 is 1.29 bits per heavy atom. The fraction of sp³-hybridized carbons (Fsp3) is 0.661. The van der Waals surface area contributed by atoms with Crippen molar-refractivity contribution in [2.75, 3.05) is 66.1 Å². The molecule has 0 N–H and O–H groups in total. The molecule has 1 unspecified atom stereocenters. The third-order valence-electron chi connectivity index (χ3n) is 18.9. The molecule has 10 rings (SSSR count). The van der Waals surface area contributed by atoms with Crippen molar-refractivity contribution in [2.24, 2.45) is 16.2 Å². The number of ether oxygens (including phenoxy) is 3. The van der Waals surface area contributed by atoms with Crippen molar-refractivity contribution in [3.8, 4) is 0 Å². The lowest BCUT2D eigenvalue weighted by Gasteiger charge is -2.44. The zero-order valence-corrected chi connectivity index (χ0v) is 47.8. The number of carbonyl (C=O) groups excluding carboxylic acids is 5. The molecule has 0 spiro atoms. The highest BCUT2D eigenvalue weighted by atomic mass is 16.6. The number of nitrogens with zero attached hydrogens (tertiary/aromatic N) is 8. The molecule has 3 aliphatic heterocycles. The van der Waals surface area contributed by atoms with Gasteiger partial charge in [-0.3, -0.25) is 38.3 Å². The van der Waals surface area contributed by atoms with Gasteiger partial charge in [-0.1, -0.05) is 77.1 Å². The molecule has 1 atom stereocenters. The lowest BCUT2D eigenvalue weighted by molar-refractivity contribution is -0.158. The van der Waals surface area contributed by atoms with Gasteiger partial charge >= 0.3 is 23.9 Å². The molecule has 4 aromatic rings. The summed E-state index contributed by atoms with van der Waals surface area (Å²) in [7, 11) is 2.16. The van der Waals surface area contributed by atoms with Crippen molar-refractivity contribution >= 4 is 51.7 Å². The van der Waals surface area contributed by atoms with Crippen molar-refractivity contribution in [1.29, 1.82) is 0 Å². The van der Waals surface area contributed by atoms with E-state index in [-0.39, 0.29) is 67.3 Å². The first-order valence-corrected chi connectivity index (χ1v) is 30.1. The normalized spacial score (nSPS) is 20.5. The molecule has 0 bridgehead atoms. The summed E-state index contributed by atoms with van der Waals surface area (Å²) in [6.07, 6.45) is 17.0. The smallest absolute Gasteiger partial charge is 0.323 e. The SMILES string of the molecule is CCCCC1(C(=O)OCN(C(=O)N2CCC(c3cc4ccccc4n(COC(=O)C4(CCCC)CC4)c3=O)CC2)C(Cc2cc(C)c3nn(COC(=O)C4(CCC)CC4)cc3c2)C(=O)N2CCN(C3CCN(C)CC3)CC2)CC1. The summed E-state index contributed by atoms with van der Waals surface area (Å²) in [5.41, 5.74) is 2.16. The van der Waals surface area contributed by atoms with Crippen LogP contribution in [0.25, 0.3) is 21.8 Å². The van der Waals surface area contributed by atoms with E-state index in [4.69, 9.17) is 19.3 Å². The number of fused-ring (bicyclic) bond motifs is 2. The molecule has 17 heteroatoms. The summed E-state index contributed by atoms with van der Waals surface area (Å²) in [4.78, 5) is 96.3. The zero-order valence-electron chi connectivity index (χ0n) is 47.8. The maximum absolute atomic E-state index is 15.5. The highest BCUT2D eigenvalue weighted by molar-refractivity contribution is 5.89. The number of esters is 3. The van der Waals surface area contributed by atoms with Gasteiger partial charge in [-0.05, 0) is 151 Å². The van der Waals surface area contributed by atoms with Crippen molar-refractivity contribution in [3.05, 3.63) is 75.7 Å². The number of piperazine rings is 1. The largest absolute Gasteiger partial charge is 0.444 e. The fourth-order valence-electron chi connectivity index (χ4n) is 13.1. The molecule has 3 aliphatic carbocycles. The first-order valence-electron chi connectivity index (χ1n) is 30.1. The number of urea groups is 1. The van der Waals surface area contributed by atoms with Crippen LogP contribution in [0.15, 0.2) is 53.5 Å². The van der Waals surface area contributed by atoms with E-state index in [2.05, 4.69) is 37.6 Å². The van der Waals surface area contributed by atoms with Crippen LogP contribution in [0, 0.1) is 23.2 Å². The first kappa shape index (κ1) is 56.5. The number of hydrogen-bond donors (Lipinski definition) is 0. The molecule has 6 aliphatic rings. The third kappa shape index (κ3) is 12.4. The van der Waals surface area contributed by atoms with Crippen LogP contribution in [-0.4, -0.2) is 147 Å². The van der Waals surface area contributed by atoms with Crippen LogP contribution in [0.3, 0.4) is 0 Å². The van der Waals surface area contributed by atoms with Crippen LogP contribution < -0.4 is 5.56 Å². The van der Waals surface area contributed by atoms with Gasteiger partial charge in [-0.15, -0.1) is 0 Å². The number of unbranched alkanes of at least 4 members (excludes halogenated alkanes) is 2. The summed E-state index contributed by atoms with van der Waals surface area (Å²) < 4.78 is 21.3. The highest BCUT2D eigenvalue weighted by Crippen LogP contribution is 2.52. The van der Waals surface area contributed by atoms with Gasteiger partial charge in [0.25, 0.3) is 5.56 Å². The number of likely N-dealkylation sites (tertiary alicyclic amines) is 2. The molecule has 0 radical (unpaired) electrons. The number of pyridine rings is 1. The average molecular weight is 1090 g/mol. The van der Waals surface area contributed by atoms with Crippen molar-refractivity contribution < 1.29 is 38.2 Å². The molecule has 79 heavy (non-hydrogen) atoms. The van der Waals surface area contributed by atoms with Crippen LogP contribution in [-0.2, 0) is 53.3 Å². The topological polar surface area (TPSA) is 169 Å². The third-order valence-corrected chi connectivity index (χ3v) is 18.9. The van der Waals surface area contributed by atoms with Crippen LogP contribution >= 0.6 is 0 Å². The fourth-order valence-corrected chi connectivity index (χ4v) is 13.1. The van der Waals surface area contributed by atoms with Crippen LogP contribution in [0.4, 0.5) is 4.79 Å². The summed E-state index contributed by atoms with van der Waals surface area (Å²) in [6.45, 7) is 12.9. The minimum atomic E-state index is -1.02. The molecule has 2 aromatic carbocycles. The Labute approximate surface area is 466 Å². The lowest BCUT2D eigenvalue weighted by atomic mass is 9.89. The number of para-hydroxylation sites is 1. The maximum Gasteiger partial charge on any atom is 0.323 e. The number of aryl methyl sites for hydroxylation is 1. The van der Waals surface area contributed by atoms with Crippen LogP contribution in [0.5, 0.6) is 0 Å². The summed E-state index contributed by atoms with van der Waals surface area (Å²) in [5.74, 6) is -1.12. The van der Waals surface area contributed by atoms with E-state index in [1.807, 2.05) is 60.5 Å². The van der Waals surface area contributed by atoms with Gasteiger partial charge in [0.1, 0.15) is 6.04 Å². The van der Waals surface area contributed by atoms with Crippen molar-refractivity contribution in [3.63, 3.8) is 0 Å². The number of aromatic nitrogens is 3. The predicted molar refractivity (Wildman–Crippen MR) is 302 cm³/mol. The monoisotopic (exact) mass is 1090 g/mol. The van der Waals surface area contributed by atoms with Gasteiger partial charge in [0, 0.05) is 68.9 Å². The van der Waals surface area contributed by atoms with E-state index in [9.17, 15) is 19.2 Å². The maximum atomic E-state index is 15.5. The number of amides is 3. The van der Waals surface area contributed by atoms with E-state index in [1.165, 1.54) is 4.90 Å². The number of piperidine rings is 2. The van der Waals surface area contributed by atoms with Gasteiger partial charge in [0.05, 0.1) is 27.3 Å². The average Bonchev–Trinajstić information content (AvgIpc) is 4.48. The Morgan fingerprint density at radius 3 is 1.91 bits per heavy atom. The second-order valence-corrected chi connectivity index (χ2v) is 24.5. The van der Waals surface area contributed by atoms with E-state index in [0.29, 0.717) is 56.1 Å². The predicted octanol–water partition coefficient (Wildman–Crippen LogP) is 9.13. The molecule has 6 fully saturated rings. The summed E-state index contributed by atoms with van der Waals surface area (Å²) >= 11 is 0. The van der Waals surface area contributed by atoms with E-state index >= 15 is 9.59 Å². The first-order chi connectivity index (χ1) is 38.2. The number of hydrogen-bond acceptors (Lipinski definition) is 12. The van der Waals surface area contributed by atoms with Crippen molar-refractivity contribution in [1.82, 2.24) is 38.8 Å². The highest BCUT2D eigenvalue weighted by Gasteiger charge is 2.52. The quantitative estimate of drug-likeness (QED) is 0.0393. The molecule has 3 saturated heterocycles. The molecule has 2 aromatic heterocycles. The Kier molecular flexibility index (Phi) is 17.2. The zero-order chi connectivity index (χ0) is 55.5. The number of carbonyl (C=O) groups is 5. The minimum absolute atomic E-state index is 0.00529. The molecule has 3 amide bonds. The Balaban J connectivity index is 0.916. The van der Waals surface area contributed by atoms with E-state index in [1.54, 1.807) is 14.1 Å². The molecule has 428 valence electrons. The number of rotatable bonds is 23. The van der Waals surface area contributed by atoms with Crippen LogP contribution in [0.1, 0.15) is 159 Å². The van der Waals surface area contributed by atoms with Crippen molar-refractivity contribution in [2.45, 2.75) is 181 Å². The summed E-state index contributed by atoms with van der Waals surface area (Å²) in [5, 5.41) is 6.50. The minimum Gasteiger partial charge on any atom is -0.444 e. The molecule has 5 heterocycles. The lowest BCUT2D eigenvalue weighted by Crippen LogP contribution is -2.60. The van der Waals surface area contributed by atoms with E-state index < -0.39 is 22.9 Å². The van der Waals surface area contributed by atoms with Gasteiger partial charge in [-0.2, -0.15) is 5.10 Å². The Bertz CT molecular complexity index is 2910. The summed E-state index contributed by atoms with van der Waals surface area (Å²) in [6, 6.07) is 12.7. The second kappa shape index (κ2) is 24.1. The Morgan fingerprint density at radius 1 is 0.684 bits per heavy atom. The Hall–Kier alpha value is -5.81. The molecular formula is C62H86N8O9. The van der Waals surface area contributed by atoms with Gasteiger partial charge in [0.15, 0.2) is 20.2 Å². The second-order valence-electron chi connectivity index (χ2n) is 24.5. The van der Waals surface area contributed by atoms with Gasteiger partial charge in [0.2, 0.25) is 5.91 Å². The standard InChI is InChI=1S/C62H86N8O9/c1-6-9-20-61(24-25-61)57(74)78-42-69-51-14-12-11-13-47(51)39-50(54(69)71)46-15-30-67(31-16-46)59(76)70(43-79-58(75)62(26-27-62)21-10-7-2)52(55(72)66-34-32-65(33-35-66)49-17-28-64(5)29-18-49)38-45-36-44(4)53-48(37-45)40-68(63-53)41-77-56(73)60(19-8-3)22-23-60/h11-14,36-37,39-40,46,49,52H,6-10,15-35,38,41-43H2,1-5H3. The van der Waals surface area contributed by atoms with Gasteiger partial charge < -0.3 is 28.9 Å².